The Labute approximate surface area is 93.2 Å². The molecule has 2 rings (SSSR count). The zero-order chi connectivity index (χ0) is 10.5. The number of nitrogens with one attached hydrogen (secondary N) is 1. The first-order valence-electron chi connectivity index (χ1n) is 6.43. The molecule has 1 N–H and O–H groups in total. The summed E-state index contributed by atoms with van der Waals surface area (Å²) in [5.41, 5.74) is 0. The lowest BCUT2D eigenvalue weighted by Gasteiger charge is -2.27. The molecular formula is C12H24N2O. The van der Waals surface area contributed by atoms with Crippen LogP contribution in [0.1, 0.15) is 32.6 Å². The van der Waals surface area contributed by atoms with Gasteiger partial charge in [0, 0.05) is 25.7 Å². The maximum Gasteiger partial charge on any atom is 0.0700 e. The summed E-state index contributed by atoms with van der Waals surface area (Å²) >= 11 is 0. The molecule has 0 saturated carbocycles. The van der Waals surface area contributed by atoms with Crippen molar-refractivity contribution < 1.29 is 4.74 Å². The Morgan fingerprint density at radius 1 is 1.27 bits per heavy atom. The molecule has 0 aromatic rings. The van der Waals surface area contributed by atoms with E-state index in [1.54, 1.807) is 0 Å². The van der Waals surface area contributed by atoms with Crippen LogP contribution in [0.3, 0.4) is 0 Å². The van der Waals surface area contributed by atoms with Gasteiger partial charge in [-0.3, -0.25) is 0 Å². The molecule has 2 unspecified atom stereocenters. The molecule has 88 valence electrons. The number of hydrogen-bond donors (Lipinski definition) is 1. The van der Waals surface area contributed by atoms with E-state index in [2.05, 4.69) is 17.1 Å². The van der Waals surface area contributed by atoms with Gasteiger partial charge in [0.2, 0.25) is 0 Å². The van der Waals surface area contributed by atoms with Crippen molar-refractivity contribution in [2.75, 3.05) is 32.8 Å². The predicted molar refractivity (Wildman–Crippen MR) is 62.1 cm³/mol. The van der Waals surface area contributed by atoms with Crippen LogP contribution in [0.5, 0.6) is 0 Å². The lowest BCUT2D eigenvalue weighted by atomic mass is 10.1. The Bertz CT molecular complexity index is 180. The molecule has 0 amide bonds. The molecule has 2 aliphatic heterocycles. The summed E-state index contributed by atoms with van der Waals surface area (Å²) in [5, 5.41) is 3.61. The van der Waals surface area contributed by atoms with Crippen molar-refractivity contribution >= 4 is 0 Å². The maximum atomic E-state index is 5.53. The predicted octanol–water partition coefficient (Wildman–Crippen LogP) is 1.24. The molecule has 0 aromatic carbocycles. The van der Waals surface area contributed by atoms with Crippen LogP contribution in [-0.2, 0) is 4.74 Å². The van der Waals surface area contributed by atoms with Crippen molar-refractivity contribution in [2.24, 2.45) is 0 Å². The summed E-state index contributed by atoms with van der Waals surface area (Å²) < 4.78 is 5.53. The molecule has 2 atom stereocenters. The monoisotopic (exact) mass is 212 g/mol. The third-order valence-corrected chi connectivity index (χ3v) is 3.66. The zero-order valence-corrected chi connectivity index (χ0v) is 9.87. The number of piperidine rings is 1. The summed E-state index contributed by atoms with van der Waals surface area (Å²) in [7, 11) is 0. The van der Waals surface area contributed by atoms with Gasteiger partial charge in [-0.05, 0) is 39.3 Å². The Morgan fingerprint density at radius 3 is 2.73 bits per heavy atom. The molecule has 0 spiro atoms. The van der Waals surface area contributed by atoms with Gasteiger partial charge >= 0.3 is 0 Å². The second-order valence-corrected chi connectivity index (χ2v) is 4.83. The van der Waals surface area contributed by atoms with E-state index in [4.69, 9.17) is 4.74 Å². The van der Waals surface area contributed by atoms with E-state index in [1.165, 1.54) is 45.3 Å². The fourth-order valence-electron chi connectivity index (χ4n) is 2.59. The Hall–Kier alpha value is -0.120. The average Bonchev–Trinajstić information content (AvgIpc) is 2.66. The van der Waals surface area contributed by atoms with Crippen LogP contribution in [-0.4, -0.2) is 49.8 Å². The normalized spacial score (nSPS) is 33.4. The van der Waals surface area contributed by atoms with Crippen LogP contribution in [0.15, 0.2) is 0 Å². The van der Waals surface area contributed by atoms with Crippen molar-refractivity contribution in [2.45, 2.75) is 44.8 Å². The van der Waals surface area contributed by atoms with Crippen LogP contribution in [0.2, 0.25) is 0 Å². The summed E-state index contributed by atoms with van der Waals surface area (Å²) in [6, 6.07) is 0.592. The van der Waals surface area contributed by atoms with Gasteiger partial charge in [0.25, 0.3) is 0 Å². The Balaban J connectivity index is 1.57. The first-order chi connectivity index (χ1) is 7.36. The maximum absolute atomic E-state index is 5.53. The van der Waals surface area contributed by atoms with Crippen LogP contribution in [0.25, 0.3) is 0 Å². The topological polar surface area (TPSA) is 24.5 Å². The van der Waals surface area contributed by atoms with Crippen LogP contribution in [0, 0.1) is 0 Å². The molecule has 2 saturated heterocycles. The van der Waals surface area contributed by atoms with E-state index in [-0.39, 0.29) is 0 Å². The highest BCUT2D eigenvalue weighted by Gasteiger charge is 2.23. The second-order valence-electron chi connectivity index (χ2n) is 4.83. The van der Waals surface area contributed by atoms with Crippen molar-refractivity contribution in [1.29, 1.82) is 0 Å². The Kier molecular flexibility index (Phi) is 4.42. The molecule has 0 radical (unpaired) electrons. The highest BCUT2D eigenvalue weighted by molar-refractivity contribution is 4.79. The van der Waals surface area contributed by atoms with Gasteiger partial charge in [-0.25, -0.2) is 0 Å². The Morgan fingerprint density at radius 2 is 2.07 bits per heavy atom. The molecule has 2 fully saturated rings. The third-order valence-electron chi connectivity index (χ3n) is 3.66. The van der Waals surface area contributed by atoms with Gasteiger partial charge in [0.05, 0.1) is 6.10 Å². The standard InChI is InChI=1S/C12H24N2O/c1-11-12(5-10-15-11)13-6-9-14-7-3-2-4-8-14/h11-13H,2-10H2,1H3. The van der Waals surface area contributed by atoms with E-state index in [1.807, 2.05) is 0 Å². The van der Waals surface area contributed by atoms with Gasteiger partial charge in [-0.1, -0.05) is 6.42 Å². The first-order valence-corrected chi connectivity index (χ1v) is 6.43. The smallest absolute Gasteiger partial charge is 0.0700 e. The van der Waals surface area contributed by atoms with Crippen molar-refractivity contribution in [3.8, 4) is 0 Å². The minimum atomic E-state index is 0.409. The third kappa shape index (κ3) is 3.44. The molecule has 0 bridgehead atoms. The molecule has 0 aromatic heterocycles. The van der Waals surface area contributed by atoms with Gasteiger partial charge < -0.3 is 15.0 Å². The minimum Gasteiger partial charge on any atom is -0.377 e. The lowest BCUT2D eigenvalue weighted by molar-refractivity contribution is 0.112. The number of nitrogens with zero attached hydrogens (tertiary/aromatic N) is 1. The molecule has 0 aliphatic carbocycles. The van der Waals surface area contributed by atoms with Gasteiger partial charge in [-0.2, -0.15) is 0 Å². The molecule has 2 aliphatic rings. The van der Waals surface area contributed by atoms with Crippen LogP contribution in [0.4, 0.5) is 0 Å². The largest absolute Gasteiger partial charge is 0.377 e. The average molecular weight is 212 g/mol. The highest BCUT2D eigenvalue weighted by Crippen LogP contribution is 2.12. The quantitative estimate of drug-likeness (QED) is 0.759. The summed E-state index contributed by atoms with van der Waals surface area (Å²) in [4.78, 5) is 2.58. The van der Waals surface area contributed by atoms with Crippen molar-refractivity contribution in [3.63, 3.8) is 0 Å². The van der Waals surface area contributed by atoms with E-state index < -0.39 is 0 Å². The highest BCUT2D eigenvalue weighted by atomic mass is 16.5. The van der Waals surface area contributed by atoms with Crippen molar-refractivity contribution in [3.05, 3.63) is 0 Å². The zero-order valence-electron chi connectivity index (χ0n) is 9.87. The molecule has 15 heavy (non-hydrogen) atoms. The first kappa shape index (κ1) is 11.4. The van der Waals surface area contributed by atoms with E-state index in [0.717, 1.165) is 13.2 Å². The fraction of sp³-hybridized carbons (Fsp3) is 1.00. The fourth-order valence-corrected chi connectivity index (χ4v) is 2.59. The number of hydrogen-bond acceptors (Lipinski definition) is 3. The van der Waals surface area contributed by atoms with Gasteiger partial charge in [0.1, 0.15) is 0 Å². The van der Waals surface area contributed by atoms with Crippen LogP contribution < -0.4 is 5.32 Å². The summed E-state index contributed by atoms with van der Waals surface area (Å²) in [6.07, 6.45) is 5.80. The molecule has 3 nitrogen and oxygen atoms in total. The van der Waals surface area contributed by atoms with Crippen molar-refractivity contribution in [1.82, 2.24) is 10.2 Å². The van der Waals surface area contributed by atoms with Crippen LogP contribution >= 0.6 is 0 Å². The summed E-state index contributed by atoms with van der Waals surface area (Å²) in [6.45, 7) is 8.05. The van der Waals surface area contributed by atoms with E-state index in [0.29, 0.717) is 12.1 Å². The molecule has 3 heteroatoms. The number of ether oxygens (including phenoxy) is 1. The molecular weight excluding hydrogens is 188 g/mol. The second kappa shape index (κ2) is 5.83. The van der Waals surface area contributed by atoms with E-state index >= 15 is 0 Å². The summed E-state index contributed by atoms with van der Waals surface area (Å²) in [5.74, 6) is 0. The molecule has 2 heterocycles. The number of rotatable bonds is 4. The van der Waals surface area contributed by atoms with Gasteiger partial charge in [-0.15, -0.1) is 0 Å². The number of likely N-dealkylation sites (tertiary alicyclic amines) is 1. The van der Waals surface area contributed by atoms with E-state index in [9.17, 15) is 0 Å². The van der Waals surface area contributed by atoms with Gasteiger partial charge in [0.15, 0.2) is 0 Å². The lowest BCUT2D eigenvalue weighted by Crippen LogP contribution is -2.41. The minimum absolute atomic E-state index is 0.409. The SMILES string of the molecule is CC1OCCC1NCCN1CCCCC1.